The number of rotatable bonds is 4. The van der Waals surface area contributed by atoms with Crippen molar-refractivity contribution in [1.29, 1.82) is 0 Å². The molecule has 2 aromatic rings. The van der Waals surface area contributed by atoms with Crippen LogP contribution in [0.5, 0.6) is 5.88 Å². The molecule has 19 heavy (non-hydrogen) atoms. The largest absolute Gasteiger partial charge is 0.471 e. The minimum atomic E-state index is -0.524. The van der Waals surface area contributed by atoms with Crippen LogP contribution in [-0.2, 0) is 11.3 Å². The van der Waals surface area contributed by atoms with Gasteiger partial charge in [0.2, 0.25) is 5.88 Å². The molecule has 2 rings (SSSR count). The molecular formula is C14H14N2O3. The van der Waals surface area contributed by atoms with Gasteiger partial charge in [0.05, 0.1) is 12.8 Å². The molecule has 1 aromatic heterocycles. The molecule has 1 aromatic carbocycles. The van der Waals surface area contributed by atoms with E-state index in [1.165, 1.54) is 13.2 Å². The number of hydrogen-bond donors (Lipinski definition) is 1. The Balaban J connectivity index is 2.13. The minimum absolute atomic E-state index is 0.166. The molecule has 0 spiro atoms. The third kappa shape index (κ3) is 3.22. The summed E-state index contributed by atoms with van der Waals surface area (Å²) in [5.74, 6) is -0.295. The zero-order valence-corrected chi connectivity index (χ0v) is 10.5. The molecular weight excluding hydrogens is 244 g/mol. The molecule has 5 nitrogen and oxygen atoms in total. The summed E-state index contributed by atoms with van der Waals surface area (Å²) in [5, 5.41) is 0. The van der Waals surface area contributed by atoms with E-state index in [0.29, 0.717) is 12.3 Å². The molecule has 0 radical (unpaired) electrons. The zero-order valence-electron chi connectivity index (χ0n) is 10.5. The molecule has 0 aliphatic heterocycles. The highest BCUT2D eigenvalue weighted by atomic mass is 16.5. The second-order valence-electron chi connectivity index (χ2n) is 3.86. The molecule has 0 aliphatic rings. The van der Waals surface area contributed by atoms with E-state index >= 15 is 0 Å². The van der Waals surface area contributed by atoms with Crippen molar-refractivity contribution in [2.75, 3.05) is 12.8 Å². The van der Waals surface area contributed by atoms with Gasteiger partial charge in [0, 0.05) is 0 Å². The summed E-state index contributed by atoms with van der Waals surface area (Å²) in [4.78, 5) is 15.4. The molecule has 0 amide bonds. The fraction of sp³-hybridized carbons (Fsp3) is 0.143. The van der Waals surface area contributed by atoms with Crippen molar-refractivity contribution in [3.63, 3.8) is 0 Å². The van der Waals surface area contributed by atoms with Crippen molar-refractivity contribution in [2.45, 2.75) is 6.61 Å². The topological polar surface area (TPSA) is 74.4 Å². The second kappa shape index (κ2) is 5.86. The summed E-state index contributed by atoms with van der Waals surface area (Å²) in [7, 11) is 1.30. The summed E-state index contributed by atoms with van der Waals surface area (Å²) >= 11 is 0. The molecule has 0 unspecified atom stereocenters. The lowest BCUT2D eigenvalue weighted by Crippen LogP contribution is -2.07. The number of pyridine rings is 1. The lowest BCUT2D eigenvalue weighted by atomic mass is 10.2. The third-order valence-corrected chi connectivity index (χ3v) is 2.50. The van der Waals surface area contributed by atoms with Gasteiger partial charge in [-0.15, -0.1) is 0 Å². The van der Waals surface area contributed by atoms with E-state index < -0.39 is 5.97 Å². The number of carbonyl (C=O) groups excluding carboxylic acids is 1. The van der Waals surface area contributed by atoms with Crippen LogP contribution in [-0.4, -0.2) is 18.1 Å². The van der Waals surface area contributed by atoms with Gasteiger partial charge in [-0.25, -0.2) is 9.78 Å². The first-order valence-electron chi connectivity index (χ1n) is 5.72. The molecule has 2 N–H and O–H groups in total. The first-order valence-corrected chi connectivity index (χ1v) is 5.72. The number of aromatic nitrogens is 1. The van der Waals surface area contributed by atoms with Crippen molar-refractivity contribution in [2.24, 2.45) is 0 Å². The summed E-state index contributed by atoms with van der Waals surface area (Å²) in [6, 6.07) is 12.7. The average Bonchev–Trinajstić information content (AvgIpc) is 2.46. The Kier molecular flexibility index (Phi) is 3.97. The molecule has 0 bridgehead atoms. The Hall–Kier alpha value is -2.56. The maximum absolute atomic E-state index is 11.4. The van der Waals surface area contributed by atoms with Crippen LogP contribution in [0.3, 0.4) is 0 Å². The fourth-order valence-corrected chi connectivity index (χ4v) is 1.51. The van der Waals surface area contributed by atoms with Gasteiger partial charge >= 0.3 is 5.97 Å². The maximum Gasteiger partial charge on any atom is 0.356 e. The van der Waals surface area contributed by atoms with E-state index in [0.717, 1.165) is 5.56 Å². The summed E-state index contributed by atoms with van der Waals surface area (Å²) in [6.07, 6.45) is 0. The highest BCUT2D eigenvalue weighted by molar-refractivity contribution is 5.87. The predicted octanol–water partition coefficient (Wildman–Crippen LogP) is 2.03. The van der Waals surface area contributed by atoms with Crippen LogP contribution in [0, 0.1) is 0 Å². The van der Waals surface area contributed by atoms with Crippen molar-refractivity contribution in [3.8, 4) is 5.88 Å². The van der Waals surface area contributed by atoms with Crippen LogP contribution >= 0.6 is 0 Å². The standard InChI is InChI=1S/C14H14N2O3/c1-18-14(17)12-8-7-11(15)13(16-12)19-9-10-5-3-2-4-6-10/h2-8H,9,15H2,1H3. The van der Waals surface area contributed by atoms with Gasteiger partial charge in [0.15, 0.2) is 5.69 Å². The third-order valence-electron chi connectivity index (χ3n) is 2.50. The van der Waals surface area contributed by atoms with Crippen LogP contribution < -0.4 is 10.5 Å². The van der Waals surface area contributed by atoms with Crippen molar-refractivity contribution in [1.82, 2.24) is 4.98 Å². The monoisotopic (exact) mass is 258 g/mol. The molecule has 98 valence electrons. The van der Waals surface area contributed by atoms with Crippen LogP contribution in [0.4, 0.5) is 5.69 Å². The van der Waals surface area contributed by atoms with Crippen LogP contribution in [0.15, 0.2) is 42.5 Å². The Labute approximate surface area is 111 Å². The quantitative estimate of drug-likeness (QED) is 0.849. The number of esters is 1. The molecule has 0 saturated carbocycles. The molecule has 0 atom stereocenters. The number of methoxy groups -OCH3 is 1. The first kappa shape index (κ1) is 12.9. The summed E-state index contributed by atoms with van der Waals surface area (Å²) in [6.45, 7) is 0.336. The predicted molar refractivity (Wildman–Crippen MR) is 70.8 cm³/mol. The molecule has 0 fully saturated rings. The molecule has 0 saturated heterocycles. The minimum Gasteiger partial charge on any atom is -0.471 e. The number of ether oxygens (including phenoxy) is 2. The van der Waals surface area contributed by atoms with Crippen molar-refractivity contribution < 1.29 is 14.3 Å². The van der Waals surface area contributed by atoms with Crippen LogP contribution in [0.1, 0.15) is 16.1 Å². The molecule has 1 heterocycles. The van der Waals surface area contributed by atoms with E-state index in [4.69, 9.17) is 10.5 Å². The van der Waals surface area contributed by atoms with Gasteiger partial charge in [0.1, 0.15) is 6.61 Å². The van der Waals surface area contributed by atoms with Crippen molar-refractivity contribution in [3.05, 3.63) is 53.7 Å². The number of hydrogen-bond acceptors (Lipinski definition) is 5. The lowest BCUT2D eigenvalue weighted by molar-refractivity contribution is 0.0592. The summed E-state index contributed by atoms with van der Waals surface area (Å²) in [5.41, 5.74) is 7.29. The number of nitrogens with two attached hydrogens (primary N) is 1. The van der Waals surface area contributed by atoms with Gasteiger partial charge in [-0.1, -0.05) is 30.3 Å². The van der Waals surface area contributed by atoms with Crippen LogP contribution in [0.2, 0.25) is 0 Å². The molecule has 5 heteroatoms. The van der Waals surface area contributed by atoms with E-state index in [1.54, 1.807) is 6.07 Å². The summed E-state index contributed by atoms with van der Waals surface area (Å²) < 4.78 is 10.1. The normalized spacial score (nSPS) is 9.95. The Morgan fingerprint density at radius 1 is 1.21 bits per heavy atom. The number of anilines is 1. The van der Waals surface area contributed by atoms with E-state index in [9.17, 15) is 4.79 Å². The number of nitrogen functional groups attached to an aromatic ring is 1. The highest BCUT2D eigenvalue weighted by Gasteiger charge is 2.11. The smallest absolute Gasteiger partial charge is 0.356 e. The maximum atomic E-state index is 11.4. The molecule has 0 aliphatic carbocycles. The van der Waals surface area contributed by atoms with Crippen molar-refractivity contribution >= 4 is 11.7 Å². The Morgan fingerprint density at radius 2 is 1.95 bits per heavy atom. The number of nitrogens with zero attached hydrogens (tertiary/aromatic N) is 1. The van der Waals surface area contributed by atoms with Gasteiger partial charge in [0.25, 0.3) is 0 Å². The highest BCUT2D eigenvalue weighted by Crippen LogP contribution is 2.20. The Bertz CT molecular complexity index is 570. The van der Waals surface area contributed by atoms with Gasteiger partial charge in [-0.2, -0.15) is 0 Å². The van der Waals surface area contributed by atoms with E-state index in [2.05, 4.69) is 9.72 Å². The number of carbonyl (C=O) groups is 1. The Morgan fingerprint density at radius 3 is 2.63 bits per heavy atom. The van der Waals surface area contributed by atoms with Gasteiger partial charge in [-0.3, -0.25) is 0 Å². The zero-order chi connectivity index (χ0) is 13.7. The average molecular weight is 258 g/mol. The van der Waals surface area contributed by atoms with Crippen LogP contribution in [0.25, 0.3) is 0 Å². The number of benzene rings is 1. The fourth-order valence-electron chi connectivity index (χ4n) is 1.51. The van der Waals surface area contributed by atoms with Gasteiger partial charge < -0.3 is 15.2 Å². The van der Waals surface area contributed by atoms with E-state index in [-0.39, 0.29) is 11.6 Å². The lowest BCUT2D eigenvalue weighted by Gasteiger charge is -2.09. The van der Waals surface area contributed by atoms with E-state index in [1.807, 2.05) is 30.3 Å². The first-order chi connectivity index (χ1) is 9.20. The SMILES string of the molecule is COC(=O)c1ccc(N)c(OCc2ccccc2)n1. The second-order valence-corrected chi connectivity index (χ2v) is 3.86. The van der Waals surface area contributed by atoms with Gasteiger partial charge in [-0.05, 0) is 17.7 Å².